The number of rotatable bonds is 12. The van der Waals surface area contributed by atoms with Crippen molar-refractivity contribution in [2.45, 2.75) is 65.3 Å². The molecule has 0 heterocycles. The second-order valence-electron chi connectivity index (χ2n) is 8.24. The molecule has 2 rings (SSSR count). The van der Waals surface area contributed by atoms with Crippen LogP contribution in [0.5, 0.6) is 0 Å². The minimum absolute atomic E-state index is 0.00523. The zero-order chi connectivity index (χ0) is 21.7. The second-order valence-corrected chi connectivity index (χ2v) is 8.24. The highest BCUT2D eigenvalue weighted by Crippen LogP contribution is 2.40. The van der Waals surface area contributed by atoms with Gasteiger partial charge < -0.3 is 20.7 Å². The van der Waals surface area contributed by atoms with Crippen molar-refractivity contribution in [2.24, 2.45) is 10.4 Å². The van der Waals surface area contributed by atoms with Gasteiger partial charge in [0.25, 0.3) is 5.91 Å². The number of nitrogens with one attached hydrogen (secondary N) is 3. The van der Waals surface area contributed by atoms with Gasteiger partial charge in [0.1, 0.15) is 0 Å². The van der Waals surface area contributed by atoms with Crippen LogP contribution in [0.2, 0.25) is 0 Å². The van der Waals surface area contributed by atoms with Crippen LogP contribution < -0.4 is 16.0 Å². The molecule has 30 heavy (non-hydrogen) atoms. The molecule has 0 aromatic heterocycles. The summed E-state index contributed by atoms with van der Waals surface area (Å²) in [5, 5.41) is 9.87. The van der Waals surface area contributed by atoms with Crippen molar-refractivity contribution >= 4 is 11.9 Å². The molecule has 1 aliphatic rings. The maximum Gasteiger partial charge on any atom is 0.251 e. The number of carbonyl (C=O) groups excluding carboxylic acids is 1. The largest absolute Gasteiger partial charge is 0.382 e. The van der Waals surface area contributed by atoms with Gasteiger partial charge in [0, 0.05) is 45.5 Å². The SMILES string of the molecule is CCCCNC(=O)c1ccc(CNC(=NC)NCC2(CCOCC)CCCC2)cc1. The van der Waals surface area contributed by atoms with E-state index in [-0.39, 0.29) is 5.91 Å². The van der Waals surface area contributed by atoms with Gasteiger partial charge in [-0.25, -0.2) is 0 Å². The van der Waals surface area contributed by atoms with Crippen molar-refractivity contribution < 1.29 is 9.53 Å². The first-order chi connectivity index (χ1) is 14.6. The predicted octanol–water partition coefficient (Wildman–Crippen LogP) is 3.87. The number of aliphatic imine (C=N–C) groups is 1. The van der Waals surface area contributed by atoms with Gasteiger partial charge in [0.15, 0.2) is 5.96 Å². The van der Waals surface area contributed by atoms with Crippen LogP contribution >= 0.6 is 0 Å². The quantitative estimate of drug-likeness (QED) is 0.275. The third-order valence-electron chi connectivity index (χ3n) is 5.99. The van der Waals surface area contributed by atoms with Crippen LogP contribution in [0.3, 0.4) is 0 Å². The van der Waals surface area contributed by atoms with E-state index in [1.807, 2.05) is 24.3 Å². The third-order valence-corrected chi connectivity index (χ3v) is 5.99. The first kappa shape index (κ1) is 24.2. The Bertz CT molecular complexity index is 652. The summed E-state index contributed by atoms with van der Waals surface area (Å²) in [7, 11) is 1.81. The van der Waals surface area contributed by atoms with E-state index in [1.165, 1.54) is 25.7 Å². The Morgan fingerprint density at radius 3 is 2.47 bits per heavy atom. The van der Waals surface area contributed by atoms with Gasteiger partial charge in [0.2, 0.25) is 0 Å². The molecule has 0 bridgehead atoms. The lowest BCUT2D eigenvalue weighted by molar-refractivity contribution is 0.0953. The van der Waals surface area contributed by atoms with Crippen LogP contribution in [0.15, 0.2) is 29.3 Å². The van der Waals surface area contributed by atoms with Gasteiger partial charge in [-0.2, -0.15) is 0 Å². The molecule has 1 aliphatic carbocycles. The van der Waals surface area contributed by atoms with Gasteiger partial charge in [-0.15, -0.1) is 0 Å². The van der Waals surface area contributed by atoms with Crippen molar-refractivity contribution in [3.05, 3.63) is 35.4 Å². The van der Waals surface area contributed by atoms with Gasteiger partial charge in [-0.05, 0) is 55.7 Å². The lowest BCUT2D eigenvalue weighted by Gasteiger charge is -2.30. The summed E-state index contributed by atoms with van der Waals surface area (Å²) in [6.45, 7) is 8.11. The maximum atomic E-state index is 12.1. The lowest BCUT2D eigenvalue weighted by Crippen LogP contribution is -2.43. The normalized spacial score (nSPS) is 15.8. The molecule has 168 valence electrons. The van der Waals surface area contributed by atoms with Crippen LogP contribution in [0.1, 0.15) is 74.7 Å². The topological polar surface area (TPSA) is 74.8 Å². The molecule has 6 heteroatoms. The fraction of sp³-hybridized carbons (Fsp3) is 0.667. The van der Waals surface area contributed by atoms with E-state index in [1.54, 1.807) is 7.05 Å². The summed E-state index contributed by atoms with van der Waals surface area (Å²) in [6.07, 6.45) is 8.31. The van der Waals surface area contributed by atoms with Gasteiger partial charge >= 0.3 is 0 Å². The van der Waals surface area contributed by atoms with E-state index in [9.17, 15) is 4.79 Å². The molecule has 1 amide bonds. The molecule has 0 unspecified atom stereocenters. The van der Waals surface area contributed by atoms with Crippen LogP contribution in [0.25, 0.3) is 0 Å². The molecule has 1 aromatic carbocycles. The molecule has 1 saturated carbocycles. The smallest absolute Gasteiger partial charge is 0.251 e. The van der Waals surface area contributed by atoms with E-state index in [4.69, 9.17) is 4.74 Å². The van der Waals surface area contributed by atoms with Crippen LogP contribution in [0, 0.1) is 5.41 Å². The molecule has 0 radical (unpaired) electrons. The molecule has 0 aliphatic heterocycles. The van der Waals surface area contributed by atoms with E-state index >= 15 is 0 Å². The number of nitrogens with zero attached hydrogens (tertiary/aromatic N) is 1. The summed E-state index contributed by atoms with van der Waals surface area (Å²) in [5.41, 5.74) is 2.14. The van der Waals surface area contributed by atoms with Crippen molar-refractivity contribution in [3.63, 3.8) is 0 Å². The van der Waals surface area contributed by atoms with Crippen LogP contribution in [-0.4, -0.2) is 45.2 Å². The maximum absolute atomic E-state index is 12.1. The Labute approximate surface area is 182 Å². The van der Waals surface area contributed by atoms with Crippen LogP contribution in [0.4, 0.5) is 0 Å². The number of hydrogen-bond donors (Lipinski definition) is 3. The van der Waals surface area contributed by atoms with Crippen molar-refractivity contribution in [1.29, 1.82) is 0 Å². The van der Waals surface area contributed by atoms with Crippen molar-refractivity contribution in [1.82, 2.24) is 16.0 Å². The van der Waals surface area contributed by atoms with E-state index in [2.05, 4.69) is 34.8 Å². The predicted molar refractivity (Wildman–Crippen MR) is 124 cm³/mol. The lowest BCUT2D eigenvalue weighted by atomic mass is 9.83. The fourth-order valence-corrected chi connectivity index (χ4v) is 4.01. The average Bonchev–Trinajstić information content (AvgIpc) is 3.23. The minimum atomic E-state index is -0.00523. The first-order valence-electron chi connectivity index (χ1n) is 11.5. The molecular weight excluding hydrogens is 376 g/mol. The molecule has 1 fully saturated rings. The number of guanidine groups is 1. The number of unbranched alkanes of at least 4 members (excludes halogenated alkanes) is 1. The van der Waals surface area contributed by atoms with Crippen LogP contribution in [-0.2, 0) is 11.3 Å². The standard InChI is InChI=1S/C24H40N4O2/c1-4-6-16-26-22(29)21-11-9-20(10-12-21)18-27-23(25-3)28-19-24(13-7-8-14-24)15-17-30-5-2/h9-12H,4-8,13-19H2,1-3H3,(H,26,29)(H2,25,27,28). The molecule has 0 saturated heterocycles. The number of hydrogen-bond acceptors (Lipinski definition) is 3. The first-order valence-corrected chi connectivity index (χ1v) is 11.5. The summed E-state index contributed by atoms with van der Waals surface area (Å²) in [6, 6.07) is 7.76. The minimum Gasteiger partial charge on any atom is -0.382 e. The second kappa shape index (κ2) is 13.3. The highest BCUT2D eigenvalue weighted by Gasteiger charge is 2.33. The molecule has 0 spiro atoms. The van der Waals surface area contributed by atoms with Gasteiger partial charge in [-0.1, -0.05) is 38.3 Å². The van der Waals surface area contributed by atoms with Gasteiger partial charge in [0.05, 0.1) is 0 Å². The zero-order valence-corrected chi connectivity index (χ0v) is 19.1. The van der Waals surface area contributed by atoms with E-state index < -0.39 is 0 Å². The highest BCUT2D eigenvalue weighted by atomic mass is 16.5. The number of carbonyl (C=O) groups is 1. The van der Waals surface area contributed by atoms with Crippen molar-refractivity contribution in [2.75, 3.05) is 33.4 Å². The zero-order valence-electron chi connectivity index (χ0n) is 19.1. The Balaban J connectivity index is 1.80. The number of amides is 1. The number of ether oxygens (including phenoxy) is 1. The summed E-state index contributed by atoms with van der Waals surface area (Å²) in [5.74, 6) is 0.813. The molecule has 6 nitrogen and oxygen atoms in total. The Morgan fingerprint density at radius 2 is 1.83 bits per heavy atom. The van der Waals surface area contributed by atoms with E-state index in [0.717, 1.165) is 57.1 Å². The van der Waals surface area contributed by atoms with Crippen molar-refractivity contribution in [3.8, 4) is 0 Å². The summed E-state index contributed by atoms with van der Waals surface area (Å²) < 4.78 is 5.61. The number of benzene rings is 1. The molecular formula is C24H40N4O2. The third kappa shape index (κ3) is 7.98. The molecule has 3 N–H and O–H groups in total. The molecule has 0 atom stereocenters. The average molecular weight is 417 g/mol. The molecule has 1 aromatic rings. The summed E-state index contributed by atoms with van der Waals surface area (Å²) in [4.78, 5) is 16.5. The highest BCUT2D eigenvalue weighted by molar-refractivity contribution is 5.94. The Kier molecular flexibility index (Phi) is 10.7. The Morgan fingerprint density at radius 1 is 1.10 bits per heavy atom. The fourth-order valence-electron chi connectivity index (χ4n) is 4.01. The Hall–Kier alpha value is -2.08. The summed E-state index contributed by atoms with van der Waals surface area (Å²) >= 11 is 0. The van der Waals surface area contributed by atoms with Gasteiger partial charge in [-0.3, -0.25) is 9.79 Å². The van der Waals surface area contributed by atoms with E-state index in [0.29, 0.717) is 17.5 Å². The monoisotopic (exact) mass is 416 g/mol.